The first kappa shape index (κ1) is 14.3. The summed E-state index contributed by atoms with van der Waals surface area (Å²) in [5.74, 6) is 0.752. The lowest BCUT2D eigenvalue weighted by Crippen LogP contribution is -2.45. The summed E-state index contributed by atoms with van der Waals surface area (Å²) >= 11 is 0. The van der Waals surface area contributed by atoms with Gasteiger partial charge in [-0.2, -0.15) is 0 Å². The highest BCUT2D eigenvalue weighted by Crippen LogP contribution is 2.21. The molecule has 2 aliphatic rings. The fourth-order valence-electron chi connectivity index (χ4n) is 3.44. The van der Waals surface area contributed by atoms with Gasteiger partial charge in [-0.1, -0.05) is 19.8 Å². The molecule has 1 aliphatic carbocycles. The zero-order valence-corrected chi connectivity index (χ0v) is 12.2. The third-order valence-electron chi connectivity index (χ3n) is 4.50. The number of nitrogens with zero attached hydrogens (tertiary/aromatic N) is 1. The molecule has 1 saturated carbocycles. The minimum absolute atomic E-state index is 0.442. The molecule has 3 heteroatoms. The van der Waals surface area contributed by atoms with Crippen LogP contribution in [0, 0.1) is 5.92 Å². The van der Waals surface area contributed by atoms with Crippen LogP contribution in [0.15, 0.2) is 0 Å². The van der Waals surface area contributed by atoms with Crippen molar-refractivity contribution in [2.45, 2.75) is 57.6 Å². The summed E-state index contributed by atoms with van der Waals surface area (Å²) in [7, 11) is 1.86. The van der Waals surface area contributed by atoms with Crippen molar-refractivity contribution in [3.8, 4) is 0 Å². The van der Waals surface area contributed by atoms with Gasteiger partial charge in [0.1, 0.15) is 0 Å². The Hall–Kier alpha value is -0.120. The molecule has 2 rings (SSSR count). The van der Waals surface area contributed by atoms with Gasteiger partial charge in [0.25, 0.3) is 0 Å². The van der Waals surface area contributed by atoms with E-state index in [0.29, 0.717) is 12.1 Å². The normalized spacial score (nSPS) is 31.7. The van der Waals surface area contributed by atoms with E-state index in [-0.39, 0.29) is 0 Å². The summed E-state index contributed by atoms with van der Waals surface area (Å²) in [5, 5.41) is 3.74. The van der Waals surface area contributed by atoms with E-state index in [9.17, 15) is 0 Å². The fraction of sp³-hybridized carbons (Fsp3) is 1.00. The molecule has 2 fully saturated rings. The summed E-state index contributed by atoms with van der Waals surface area (Å²) in [4.78, 5) is 2.61. The predicted octanol–water partition coefficient (Wildman–Crippen LogP) is 2.27. The zero-order valence-electron chi connectivity index (χ0n) is 12.2. The van der Waals surface area contributed by atoms with E-state index in [0.717, 1.165) is 12.5 Å². The molecule has 0 bridgehead atoms. The average molecular weight is 254 g/mol. The second-order valence-corrected chi connectivity index (χ2v) is 6.19. The third kappa shape index (κ3) is 4.22. The van der Waals surface area contributed by atoms with E-state index in [1.165, 1.54) is 58.2 Å². The van der Waals surface area contributed by atoms with Crippen LogP contribution in [0.3, 0.4) is 0 Å². The van der Waals surface area contributed by atoms with Gasteiger partial charge in [0.15, 0.2) is 0 Å². The monoisotopic (exact) mass is 254 g/mol. The summed E-state index contributed by atoms with van der Waals surface area (Å²) in [6.07, 6.45) is 8.45. The zero-order chi connectivity index (χ0) is 12.8. The van der Waals surface area contributed by atoms with Crippen LogP contribution in [0.25, 0.3) is 0 Å². The van der Waals surface area contributed by atoms with E-state index >= 15 is 0 Å². The Morgan fingerprint density at radius 2 is 1.89 bits per heavy atom. The second-order valence-electron chi connectivity index (χ2n) is 6.19. The van der Waals surface area contributed by atoms with Crippen LogP contribution in [0.1, 0.15) is 45.4 Å². The molecule has 3 unspecified atom stereocenters. The quantitative estimate of drug-likeness (QED) is 0.787. The minimum Gasteiger partial charge on any atom is -0.380 e. The molecule has 106 valence electrons. The number of methoxy groups -OCH3 is 1. The van der Waals surface area contributed by atoms with Gasteiger partial charge in [-0.15, -0.1) is 0 Å². The second kappa shape index (κ2) is 7.46. The van der Waals surface area contributed by atoms with Crippen LogP contribution in [0.4, 0.5) is 0 Å². The van der Waals surface area contributed by atoms with Crippen molar-refractivity contribution in [3.05, 3.63) is 0 Å². The van der Waals surface area contributed by atoms with E-state index in [2.05, 4.69) is 17.1 Å². The Kier molecular flexibility index (Phi) is 5.93. The van der Waals surface area contributed by atoms with Crippen molar-refractivity contribution < 1.29 is 4.74 Å². The molecule has 3 nitrogen and oxygen atoms in total. The molecule has 1 saturated heterocycles. The van der Waals surface area contributed by atoms with Crippen molar-refractivity contribution in [2.75, 3.05) is 33.3 Å². The lowest BCUT2D eigenvalue weighted by Gasteiger charge is -2.32. The molecule has 0 amide bonds. The maximum Gasteiger partial charge on any atom is 0.0724 e. The minimum atomic E-state index is 0.442. The molecular formula is C15H30N2O. The molecule has 1 heterocycles. The van der Waals surface area contributed by atoms with Gasteiger partial charge in [-0.3, -0.25) is 0 Å². The average Bonchev–Trinajstić information content (AvgIpc) is 2.89. The molecular weight excluding hydrogens is 224 g/mol. The lowest BCUT2D eigenvalue weighted by molar-refractivity contribution is 0.0403. The van der Waals surface area contributed by atoms with E-state index in [1.54, 1.807) is 0 Å². The first-order chi connectivity index (χ1) is 8.79. The molecule has 3 atom stereocenters. The smallest absolute Gasteiger partial charge is 0.0724 e. The Morgan fingerprint density at radius 3 is 2.61 bits per heavy atom. The van der Waals surface area contributed by atoms with Gasteiger partial charge < -0.3 is 15.0 Å². The SMILES string of the molecule is COC1CCCCC1NCC(C)CN1CCCC1. The molecule has 0 spiro atoms. The van der Waals surface area contributed by atoms with E-state index in [1.807, 2.05) is 7.11 Å². The number of hydrogen-bond donors (Lipinski definition) is 1. The van der Waals surface area contributed by atoms with Crippen molar-refractivity contribution >= 4 is 0 Å². The molecule has 0 aromatic rings. The number of ether oxygens (including phenoxy) is 1. The van der Waals surface area contributed by atoms with Gasteiger partial charge in [-0.05, 0) is 51.2 Å². The van der Waals surface area contributed by atoms with Crippen LogP contribution in [-0.2, 0) is 4.74 Å². The molecule has 0 aromatic heterocycles. The molecule has 1 N–H and O–H groups in total. The predicted molar refractivity (Wildman–Crippen MR) is 75.9 cm³/mol. The summed E-state index contributed by atoms with van der Waals surface area (Å²) in [6, 6.07) is 0.588. The highest BCUT2D eigenvalue weighted by molar-refractivity contribution is 4.82. The van der Waals surface area contributed by atoms with Crippen LogP contribution in [0.2, 0.25) is 0 Å². The van der Waals surface area contributed by atoms with Gasteiger partial charge >= 0.3 is 0 Å². The highest BCUT2D eigenvalue weighted by Gasteiger charge is 2.25. The van der Waals surface area contributed by atoms with Crippen molar-refractivity contribution in [3.63, 3.8) is 0 Å². The lowest BCUT2D eigenvalue weighted by atomic mass is 9.92. The van der Waals surface area contributed by atoms with Gasteiger partial charge in [-0.25, -0.2) is 0 Å². The Morgan fingerprint density at radius 1 is 1.17 bits per heavy atom. The molecule has 1 aliphatic heterocycles. The molecule has 0 aromatic carbocycles. The number of likely N-dealkylation sites (tertiary alicyclic amines) is 1. The van der Waals surface area contributed by atoms with Crippen molar-refractivity contribution in [1.82, 2.24) is 10.2 Å². The Balaban J connectivity index is 1.65. The summed E-state index contributed by atoms with van der Waals surface area (Å²) in [6.45, 7) is 7.40. The molecule has 0 radical (unpaired) electrons. The molecule has 18 heavy (non-hydrogen) atoms. The summed E-state index contributed by atoms with van der Waals surface area (Å²) in [5.41, 5.74) is 0. The van der Waals surface area contributed by atoms with Gasteiger partial charge in [0, 0.05) is 19.7 Å². The summed E-state index contributed by atoms with van der Waals surface area (Å²) < 4.78 is 5.60. The van der Waals surface area contributed by atoms with Gasteiger partial charge in [0.05, 0.1) is 6.10 Å². The van der Waals surface area contributed by atoms with Crippen LogP contribution in [0.5, 0.6) is 0 Å². The maximum atomic E-state index is 5.60. The van der Waals surface area contributed by atoms with Crippen LogP contribution >= 0.6 is 0 Å². The van der Waals surface area contributed by atoms with Crippen LogP contribution < -0.4 is 5.32 Å². The highest BCUT2D eigenvalue weighted by atomic mass is 16.5. The first-order valence-electron chi connectivity index (χ1n) is 7.78. The number of hydrogen-bond acceptors (Lipinski definition) is 3. The number of rotatable bonds is 6. The third-order valence-corrected chi connectivity index (χ3v) is 4.50. The van der Waals surface area contributed by atoms with Crippen molar-refractivity contribution in [2.24, 2.45) is 5.92 Å². The van der Waals surface area contributed by atoms with E-state index in [4.69, 9.17) is 4.74 Å². The largest absolute Gasteiger partial charge is 0.380 e. The number of nitrogens with one attached hydrogen (secondary N) is 1. The standard InChI is InChI=1S/C15H30N2O/c1-13(12-17-9-5-6-10-17)11-16-14-7-3-4-8-15(14)18-2/h13-16H,3-12H2,1-2H3. The van der Waals surface area contributed by atoms with E-state index < -0.39 is 0 Å². The van der Waals surface area contributed by atoms with Crippen molar-refractivity contribution in [1.29, 1.82) is 0 Å². The topological polar surface area (TPSA) is 24.5 Å². The van der Waals surface area contributed by atoms with Gasteiger partial charge in [0.2, 0.25) is 0 Å². The first-order valence-corrected chi connectivity index (χ1v) is 7.78. The Bertz CT molecular complexity index is 229. The fourth-order valence-corrected chi connectivity index (χ4v) is 3.44. The Labute approximate surface area is 112 Å². The van der Waals surface area contributed by atoms with Crippen LogP contribution in [-0.4, -0.2) is 50.3 Å². The maximum absolute atomic E-state index is 5.60.